The van der Waals surface area contributed by atoms with Crippen LogP contribution in [0.3, 0.4) is 0 Å². The standard InChI is InChI=1S/C23H24N6O3/c1-17-8-9-19(20(16-17)29(31)32)26-22(30)21(18-6-3-2-4-7-18)27-12-14-28(15-13-27)23-24-10-5-11-25-23/h2-11,16,21H,12-15H2,1H3,(H,26,30)/t21-/m0/s1. The van der Waals surface area contributed by atoms with Gasteiger partial charge in [0.25, 0.3) is 5.69 Å². The summed E-state index contributed by atoms with van der Waals surface area (Å²) in [6, 6.07) is 15.5. The summed E-state index contributed by atoms with van der Waals surface area (Å²) < 4.78 is 0. The van der Waals surface area contributed by atoms with Crippen molar-refractivity contribution >= 4 is 23.2 Å². The van der Waals surface area contributed by atoms with E-state index in [2.05, 4.69) is 25.1 Å². The quantitative estimate of drug-likeness (QED) is 0.471. The Balaban J connectivity index is 1.56. The number of piperazine rings is 1. The minimum absolute atomic E-state index is 0.115. The van der Waals surface area contributed by atoms with Gasteiger partial charge in [-0.3, -0.25) is 19.8 Å². The average Bonchev–Trinajstić information content (AvgIpc) is 2.82. The third-order valence-electron chi connectivity index (χ3n) is 5.49. The summed E-state index contributed by atoms with van der Waals surface area (Å²) in [6.07, 6.45) is 3.42. The van der Waals surface area contributed by atoms with Crippen molar-refractivity contribution in [3.8, 4) is 0 Å². The summed E-state index contributed by atoms with van der Waals surface area (Å²) >= 11 is 0. The largest absolute Gasteiger partial charge is 0.338 e. The van der Waals surface area contributed by atoms with Crippen LogP contribution in [0.2, 0.25) is 0 Å². The average molecular weight is 432 g/mol. The summed E-state index contributed by atoms with van der Waals surface area (Å²) in [5.74, 6) is 0.371. The van der Waals surface area contributed by atoms with Gasteiger partial charge in [0.05, 0.1) is 4.92 Å². The molecule has 1 aliphatic rings. The van der Waals surface area contributed by atoms with Crippen LogP contribution in [0, 0.1) is 17.0 Å². The van der Waals surface area contributed by atoms with E-state index < -0.39 is 11.0 Å². The highest BCUT2D eigenvalue weighted by molar-refractivity contribution is 5.97. The van der Waals surface area contributed by atoms with Crippen LogP contribution < -0.4 is 10.2 Å². The highest BCUT2D eigenvalue weighted by atomic mass is 16.6. The third-order valence-corrected chi connectivity index (χ3v) is 5.49. The lowest BCUT2D eigenvalue weighted by molar-refractivity contribution is -0.384. The van der Waals surface area contributed by atoms with Gasteiger partial charge >= 0.3 is 0 Å². The first-order valence-electron chi connectivity index (χ1n) is 10.4. The zero-order valence-electron chi connectivity index (χ0n) is 17.7. The van der Waals surface area contributed by atoms with E-state index >= 15 is 0 Å². The maximum Gasteiger partial charge on any atom is 0.293 e. The van der Waals surface area contributed by atoms with Gasteiger partial charge in [0, 0.05) is 44.6 Å². The molecule has 0 saturated carbocycles. The molecule has 9 nitrogen and oxygen atoms in total. The number of rotatable bonds is 6. The Labute approximate surface area is 185 Å². The van der Waals surface area contributed by atoms with Crippen LogP contribution in [-0.2, 0) is 4.79 Å². The second-order valence-corrected chi connectivity index (χ2v) is 7.65. The van der Waals surface area contributed by atoms with Gasteiger partial charge in [-0.2, -0.15) is 0 Å². The molecule has 4 rings (SSSR count). The Bertz CT molecular complexity index is 1090. The minimum atomic E-state index is -0.573. The number of nitrogens with one attached hydrogen (secondary N) is 1. The molecule has 1 amide bonds. The van der Waals surface area contributed by atoms with Crippen molar-refractivity contribution in [1.29, 1.82) is 0 Å². The molecule has 1 saturated heterocycles. The summed E-state index contributed by atoms with van der Waals surface area (Å²) in [5.41, 5.74) is 1.68. The summed E-state index contributed by atoms with van der Waals surface area (Å²) in [7, 11) is 0. The zero-order valence-corrected chi connectivity index (χ0v) is 17.7. The number of nitro benzene ring substituents is 1. The van der Waals surface area contributed by atoms with E-state index in [9.17, 15) is 14.9 Å². The molecular formula is C23H24N6O3. The van der Waals surface area contributed by atoms with Gasteiger partial charge in [-0.15, -0.1) is 0 Å². The maximum atomic E-state index is 13.4. The Morgan fingerprint density at radius 2 is 1.72 bits per heavy atom. The smallest absolute Gasteiger partial charge is 0.293 e. The number of carbonyl (C=O) groups is 1. The molecule has 3 aromatic rings. The lowest BCUT2D eigenvalue weighted by Crippen LogP contribution is -2.50. The fourth-order valence-corrected chi connectivity index (χ4v) is 3.90. The molecule has 1 fully saturated rings. The molecule has 0 radical (unpaired) electrons. The number of aromatic nitrogens is 2. The van der Waals surface area contributed by atoms with Crippen LogP contribution in [0.15, 0.2) is 67.0 Å². The highest BCUT2D eigenvalue weighted by Gasteiger charge is 2.32. The molecule has 1 N–H and O–H groups in total. The van der Waals surface area contributed by atoms with Gasteiger partial charge in [-0.05, 0) is 30.2 Å². The fourth-order valence-electron chi connectivity index (χ4n) is 3.90. The van der Waals surface area contributed by atoms with Gasteiger partial charge in [0.15, 0.2) is 0 Å². The fraction of sp³-hybridized carbons (Fsp3) is 0.261. The normalized spacial score (nSPS) is 15.2. The molecule has 0 aliphatic carbocycles. The van der Waals surface area contributed by atoms with Crippen molar-refractivity contribution in [3.05, 3.63) is 88.2 Å². The number of anilines is 2. The van der Waals surface area contributed by atoms with E-state index in [0.29, 0.717) is 32.1 Å². The maximum absolute atomic E-state index is 13.4. The van der Waals surface area contributed by atoms with Crippen LogP contribution >= 0.6 is 0 Å². The minimum Gasteiger partial charge on any atom is -0.338 e. The van der Waals surface area contributed by atoms with Gasteiger partial charge < -0.3 is 10.2 Å². The number of nitro groups is 1. The molecule has 1 aliphatic heterocycles. The highest BCUT2D eigenvalue weighted by Crippen LogP contribution is 2.29. The lowest BCUT2D eigenvalue weighted by atomic mass is 10.0. The van der Waals surface area contributed by atoms with Crippen molar-refractivity contribution in [3.63, 3.8) is 0 Å². The van der Waals surface area contributed by atoms with Crippen LogP contribution in [0.4, 0.5) is 17.3 Å². The number of carbonyl (C=O) groups excluding carboxylic acids is 1. The monoisotopic (exact) mass is 432 g/mol. The predicted molar refractivity (Wildman–Crippen MR) is 121 cm³/mol. The Hall–Kier alpha value is -3.85. The van der Waals surface area contributed by atoms with E-state index in [1.807, 2.05) is 30.3 Å². The van der Waals surface area contributed by atoms with Crippen LogP contribution in [-0.4, -0.2) is 51.9 Å². The van der Waals surface area contributed by atoms with E-state index in [1.54, 1.807) is 37.5 Å². The zero-order chi connectivity index (χ0) is 22.5. The molecule has 164 valence electrons. The number of benzene rings is 2. The number of amides is 1. The molecule has 0 bridgehead atoms. The molecule has 1 aromatic heterocycles. The van der Waals surface area contributed by atoms with Crippen LogP contribution in [0.1, 0.15) is 17.2 Å². The Morgan fingerprint density at radius 3 is 2.38 bits per heavy atom. The van der Waals surface area contributed by atoms with E-state index in [1.165, 1.54) is 6.07 Å². The molecule has 2 heterocycles. The van der Waals surface area contributed by atoms with Gasteiger partial charge in [-0.25, -0.2) is 9.97 Å². The second-order valence-electron chi connectivity index (χ2n) is 7.65. The topological polar surface area (TPSA) is 104 Å². The molecule has 0 unspecified atom stereocenters. The number of hydrogen-bond donors (Lipinski definition) is 1. The first-order valence-corrected chi connectivity index (χ1v) is 10.4. The molecule has 32 heavy (non-hydrogen) atoms. The summed E-state index contributed by atoms with van der Waals surface area (Å²) in [5, 5.41) is 14.3. The molecular weight excluding hydrogens is 408 g/mol. The van der Waals surface area contributed by atoms with Crippen molar-refractivity contribution in [1.82, 2.24) is 14.9 Å². The second kappa shape index (κ2) is 9.52. The summed E-state index contributed by atoms with van der Waals surface area (Å²) in [4.78, 5) is 37.2. The van der Waals surface area contributed by atoms with E-state index in [4.69, 9.17) is 0 Å². The summed E-state index contributed by atoms with van der Waals surface area (Å²) in [6.45, 7) is 4.38. The molecule has 2 aromatic carbocycles. The van der Waals surface area contributed by atoms with Crippen LogP contribution in [0.5, 0.6) is 0 Å². The van der Waals surface area contributed by atoms with E-state index in [-0.39, 0.29) is 17.3 Å². The van der Waals surface area contributed by atoms with E-state index in [0.717, 1.165) is 11.1 Å². The first-order chi connectivity index (χ1) is 15.5. The lowest BCUT2D eigenvalue weighted by Gasteiger charge is -2.38. The van der Waals surface area contributed by atoms with Gasteiger partial charge in [0.2, 0.25) is 11.9 Å². The van der Waals surface area contributed by atoms with Crippen molar-refractivity contribution in [2.45, 2.75) is 13.0 Å². The van der Waals surface area contributed by atoms with Crippen molar-refractivity contribution in [2.24, 2.45) is 0 Å². The van der Waals surface area contributed by atoms with Crippen molar-refractivity contribution in [2.75, 3.05) is 36.4 Å². The van der Waals surface area contributed by atoms with Gasteiger partial charge in [0.1, 0.15) is 11.7 Å². The Morgan fingerprint density at radius 1 is 1.03 bits per heavy atom. The molecule has 0 spiro atoms. The predicted octanol–water partition coefficient (Wildman–Crippen LogP) is 3.20. The third kappa shape index (κ3) is 4.73. The number of nitrogens with zero attached hydrogens (tertiary/aromatic N) is 5. The van der Waals surface area contributed by atoms with Crippen molar-refractivity contribution < 1.29 is 9.72 Å². The van der Waals surface area contributed by atoms with Crippen LogP contribution in [0.25, 0.3) is 0 Å². The Kier molecular flexibility index (Phi) is 6.37. The van der Waals surface area contributed by atoms with Gasteiger partial charge in [-0.1, -0.05) is 36.4 Å². The number of hydrogen-bond acceptors (Lipinski definition) is 7. The molecule has 1 atom stereocenters. The first kappa shape index (κ1) is 21.4. The molecule has 9 heteroatoms. The SMILES string of the molecule is Cc1ccc(NC(=O)[C@H](c2ccccc2)N2CCN(c3ncccn3)CC2)c([N+](=O)[O-])c1. The number of aryl methyl sites for hydroxylation is 1.